The molecule has 134 valence electrons. The number of nitrogens with one attached hydrogen (secondary N) is 1. The number of carbonyl (C=O) groups excluding carboxylic acids is 1. The highest BCUT2D eigenvalue weighted by atomic mass is 32.2. The fourth-order valence-electron chi connectivity index (χ4n) is 2.86. The molecule has 0 saturated carbocycles. The summed E-state index contributed by atoms with van der Waals surface area (Å²) in [7, 11) is -3.61. The summed E-state index contributed by atoms with van der Waals surface area (Å²) in [6.07, 6.45) is 2.64. The van der Waals surface area contributed by atoms with Gasteiger partial charge in [0.15, 0.2) is 0 Å². The second-order valence-corrected chi connectivity index (χ2v) is 9.03. The summed E-state index contributed by atoms with van der Waals surface area (Å²) in [5.41, 5.74) is 1.46. The number of fused-ring (bicyclic) bond motifs is 1. The predicted octanol–water partition coefficient (Wildman–Crippen LogP) is 3.03. The first kappa shape index (κ1) is 18.1. The lowest BCUT2D eigenvalue weighted by Crippen LogP contribution is -2.35. The van der Waals surface area contributed by atoms with Crippen LogP contribution in [0.1, 0.15) is 40.6 Å². The fourth-order valence-corrected chi connectivity index (χ4v) is 5.21. The minimum Gasteiger partial charge on any atom is -0.352 e. The molecular formula is C18H22N2O3S2. The van der Waals surface area contributed by atoms with Gasteiger partial charge in [-0.2, -0.15) is 4.31 Å². The first-order chi connectivity index (χ1) is 12.0. The molecule has 2 aromatic rings. The van der Waals surface area contributed by atoms with Crippen LogP contribution in [0.4, 0.5) is 0 Å². The molecule has 7 heteroatoms. The summed E-state index contributed by atoms with van der Waals surface area (Å²) in [5.74, 6) is -0.232. The summed E-state index contributed by atoms with van der Waals surface area (Å²) < 4.78 is 27.4. The number of unbranched alkanes of at least 4 members (excludes halogenated alkanes) is 1. The van der Waals surface area contributed by atoms with Crippen molar-refractivity contribution in [3.05, 3.63) is 51.7 Å². The van der Waals surface area contributed by atoms with Crippen LogP contribution in [0.5, 0.6) is 0 Å². The Bertz CT molecular complexity index is 859. The van der Waals surface area contributed by atoms with Gasteiger partial charge in [-0.3, -0.25) is 4.79 Å². The van der Waals surface area contributed by atoms with E-state index in [1.165, 1.54) is 15.2 Å². The lowest BCUT2D eigenvalue weighted by Gasteiger charge is -2.26. The number of carbonyl (C=O) groups is 1. The van der Waals surface area contributed by atoms with Crippen molar-refractivity contribution in [2.24, 2.45) is 0 Å². The Labute approximate surface area is 152 Å². The lowest BCUT2D eigenvalue weighted by atomic mass is 10.1. The number of thiophene rings is 1. The van der Waals surface area contributed by atoms with Crippen LogP contribution in [0.3, 0.4) is 0 Å². The van der Waals surface area contributed by atoms with E-state index in [1.54, 1.807) is 29.5 Å². The Balaban J connectivity index is 1.79. The largest absolute Gasteiger partial charge is 0.352 e. The molecule has 1 aromatic carbocycles. The highest BCUT2D eigenvalue weighted by Gasteiger charge is 2.29. The van der Waals surface area contributed by atoms with Crippen molar-refractivity contribution in [1.82, 2.24) is 9.62 Å². The van der Waals surface area contributed by atoms with Crippen LogP contribution in [0.15, 0.2) is 40.6 Å². The Hall–Kier alpha value is -1.70. The van der Waals surface area contributed by atoms with Gasteiger partial charge in [0.25, 0.3) is 5.91 Å². The predicted molar refractivity (Wildman–Crippen MR) is 99.3 cm³/mol. The summed E-state index contributed by atoms with van der Waals surface area (Å²) >= 11 is 1.68. The van der Waals surface area contributed by atoms with Crippen LogP contribution in [0, 0.1) is 0 Å². The third-order valence-electron chi connectivity index (χ3n) is 4.32. The quantitative estimate of drug-likeness (QED) is 0.786. The molecule has 1 N–H and O–H groups in total. The molecule has 0 aliphatic carbocycles. The molecule has 2 heterocycles. The van der Waals surface area contributed by atoms with Crippen molar-refractivity contribution < 1.29 is 13.2 Å². The zero-order valence-corrected chi connectivity index (χ0v) is 15.8. The highest BCUT2D eigenvalue weighted by molar-refractivity contribution is 7.89. The fraction of sp³-hybridized carbons (Fsp3) is 0.389. The number of benzene rings is 1. The highest BCUT2D eigenvalue weighted by Crippen LogP contribution is 2.28. The van der Waals surface area contributed by atoms with Crippen LogP contribution in [-0.2, 0) is 23.0 Å². The zero-order chi connectivity index (χ0) is 17.9. The van der Waals surface area contributed by atoms with Gasteiger partial charge in [-0.1, -0.05) is 19.4 Å². The molecular weight excluding hydrogens is 356 g/mol. The molecule has 1 aromatic heterocycles. The Morgan fingerprint density at radius 1 is 1.32 bits per heavy atom. The van der Waals surface area contributed by atoms with E-state index in [4.69, 9.17) is 0 Å². The molecule has 0 bridgehead atoms. The van der Waals surface area contributed by atoms with E-state index in [2.05, 4.69) is 12.2 Å². The minimum absolute atomic E-state index is 0.175. The maximum Gasteiger partial charge on any atom is 0.251 e. The third kappa shape index (κ3) is 3.94. The number of sulfonamides is 1. The van der Waals surface area contributed by atoms with Crippen molar-refractivity contribution >= 4 is 27.3 Å². The SMILES string of the molecule is CCCCNC(=O)c1cccc(S(=O)(=O)N2CCc3sccc3C2)c1. The molecule has 1 aliphatic heterocycles. The van der Waals surface area contributed by atoms with Gasteiger partial charge < -0.3 is 5.32 Å². The normalized spacial score (nSPS) is 14.9. The van der Waals surface area contributed by atoms with Gasteiger partial charge >= 0.3 is 0 Å². The van der Waals surface area contributed by atoms with Crippen LogP contribution < -0.4 is 5.32 Å². The third-order valence-corrected chi connectivity index (χ3v) is 7.19. The molecule has 0 unspecified atom stereocenters. The van der Waals surface area contributed by atoms with Crippen LogP contribution in [-0.4, -0.2) is 31.7 Å². The maximum atomic E-state index is 13.0. The van der Waals surface area contributed by atoms with Crippen LogP contribution in [0.25, 0.3) is 0 Å². The number of hydrogen-bond donors (Lipinski definition) is 1. The van der Waals surface area contributed by atoms with E-state index in [9.17, 15) is 13.2 Å². The second-order valence-electron chi connectivity index (χ2n) is 6.09. The summed E-state index contributed by atoms with van der Waals surface area (Å²) in [6, 6.07) is 8.29. The second kappa shape index (κ2) is 7.68. The zero-order valence-electron chi connectivity index (χ0n) is 14.2. The molecule has 3 rings (SSSR count). The smallest absolute Gasteiger partial charge is 0.251 e. The summed E-state index contributed by atoms with van der Waals surface area (Å²) in [6.45, 7) is 3.52. The molecule has 0 fully saturated rings. The molecule has 1 amide bonds. The van der Waals surface area contributed by atoms with Gasteiger partial charge in [0.1, 0.15) is 0 Å². The first-order valence-corrected chi connectivity index (χ1v) is 10.8. The Morgan fingerprint density at radius 2 is 2.16 bits per heavy atom. The van der Waals surface area contributed by atoms with Crippen molar-refractivity contribution in [1.29, 1.82) is 0 Å². The van der Waals surface area contributed by atoms with Crippen molar-refractivity contribution in [3.8, 4) is 0 Å². The van der Waals surface area contributed by atoms with Crippen molar-refractivity contribution in [2.45, 2.75) is 37.6 Å². The maximum absolute atomic E-state index is 13.0. The minimum atomic E-state index is -3.61. The Morgan fingerprint density at radius 3 is 2.96 bits per heavy atom. The van der Waals surface area contributed by atoms with Crippen molar-refractivity contribution in [3.63, 3.8) is 0 Å². The first-order valence-electron chi connectivity index (χ1n) is 8.46. The monoisotopic (exact) mass is 378 g/mol. The molecule has 1 aliphatic rings. The van der Waals surface area contributed by atoms with Gasteiger partial charge in [0.05, 0.1) is 4.90 Å². The lowest BCUT2D eigenvalue weighted by molar-refractivity contribution is 0.0953. The molecule has 0 atom stereocenters. The van der Waals surface area contributed by atoms with Gasteiger partial charge in [-0.05, 0) is 48.1 Å². The molecule has 0 radical (unpaired) electrons. The van der Waals surface area contributed by atoms with Gasteiger partial charge in [-0.15, -0.1) is 11.3 Å². The van der Waals surface area contributed by atoms with E-state index < -0.39 is 10.0 Å². The van der Waals surface area contributed by atoms with E-state index in [1.807, 2.05) is 11.4 Å². The van der Waals surface area contributed by atoms with Gasteiger partial charge in [-0.25, -0.2) is 8.42 Å². The number of amides is 1. The van der Waals surface area contributed by atoms with Crippen LogP contribution in [0.2, 0.25) is 0 Å². The average Bonchev–Trinajstić information content (AvgIpc) is 3.09. The van der Waals surface area contributed by atoms with Crippen molar-refractivity contribution in [2.75, 3.05) is 13.1 Å². The van der Waals surface area contributed by atoms with E-state index in [0.717, 1.165) is 24.8 Å². The standard InChI is InChI=1S/C18H22N2O3S2/c1-2-3-9-19-18(21)14-5-4-6-16(12-14)25(22,23)20-10-7-17-15(13-20)8-11-24-17/h4-6,8,11-12H,2-3,7,9-10,13H2,1H3,(H,19,21). The molecule has 0 spiro atoms. The number of rotatable bonds is 6. The Kier molecular flexibility index (Phi) is 5.56. The van der Waals surface area contributed by atoms with E-state index in [0.29, 0.717) is 25.2 Å². The average molecular weight is 379 g/mol. The summed E-state index contributed by atoms with van der Waals surface area (Å²) in [5, 5.41) is 4.82. The number of hydrogen-bond acceptors (Lipinski definition) is 4. The molecule has 0 saturated heterocycles. The van der Waals surface area contributed by atoms with Gasteiger partial charge in [0, 0.05) is 30.1 Å². The van der Waals surface area contributed by atoms with E-state index >= 15 is 0 Å². The van der Waals surface area contributed by atoms with Gasteiger partial charge in [0.2, 0.25) is 10.0 Å². The summed E-state index contributed by atoms with van der Waals surface area (Å²) in [4.78, 5) is 13.6. The topological polar surface area (TPSA) is 66.5 Å². The van der Waals surface area contributed by atoms with E-state index in [-0.39, 0.29) is 10.8 Å². The molecule has 5 nitrogen and oxygen atoms in total. The molecule has 25 heavy (non-hydrogen) atoms. The van der Waals surface area contributed by atoms with Crippen LogP contribution >= 0.6 is 11.3 Å². The number of nitrogens with zero attached hydrogens (tertiary/aromatic N) is 1.